The topological polar surface area (TPSA) is 62.6 Å². The summed E-state index contributed by atoms with van der Waals surface area (Å²) < 4.78 is 7.74. The summed E-state index contributed by atoms with van der Waals surface area (Å²) in [6, 6.07) is 0.166. The van der Waals surface area contributed by atoms with Crippen molar-refractivity contribution in [1.82, 2.24) is 24.7 Å². The number of nitrogens with one attached hydrogen (secondary N) is 1. The number of urea groups is 1. The molecule has 0 aliphatic carbocycles. The number of imidazole rings is 1. The number of likely N-dealkylation sites (N-methyl/N-ethyl adjacent to an activating group) is 1. The van der Waals surface area contributed by atoms with Crippen molar-refractivity contribution in [3.63, 3.8) is 0 Å². The van der Waals surface area contributed by atoms with Crippen LogP contribution in [0.25, 0.3) is 0 Å². The van der Waals surface area contributed by atoms with Crippen molar-refractivity contribution in [2.24, 2.45) is 7.05 Å². The number of carbonyl (C=O) groups excluding carboxylic acids is 1. The van der Waals surface area contributed by atoms with Crippen LogP contribution in [0.1, 0.15) is 38.1 Å². The van der Waals surface area contributed by atoms with Crippen LogP contribution >= 0.6 is 0 Å². The van der Waals surface area contributed by atoms with Crippen LogP contribution in [-0.2, 0) is 11.8 Å². The van der Waals surface area contributed by atoms with Crippen molar-refractivity contribution in [1.29, 1.82) is 0 Å². The van der Waals surface area contributed by atoms with Crippen LogP contribution < -0.4 is 5.32 Å². The molecule has 2 saturated heterocycles. The largest absolute Gasteiger partial charge is 0.376 e. The van der Waals surface area contributed by atoms with Gasteiger partial charge in [-0.05, 0) is 25.8 Å². The molecule has 7 heteroatoms. The first-order valence-electron chi connectivity index (χ1n) is 9.04. The van der Waals surface area contributed by atoms with Crippen molar-refractivity contribution in [3.8, 4) is 0 Å². The number of aryl methyl sites for hydroxylation is 1. The molecular weight excluding hydrogens is 306 g/mol. The molecule has 0 unspecified atom stereocenters. The van der Waals surface area contributed by atoms with E-state index in [0.717, 1.165) is 44.9 Å². The van der Waals surface area contributed by atoms with Gasteiger partial charge in [0.2, 0.25) is 0 Å². The maximum Gasteiger partial charge on any atom is 0.317 e. The van der Waals surface area contributed by atoms with E-state index in [2.05, 4.69) is 22.1 Å². The van der Waals surface area contributed by atoms with Crippen LogP contribution in [0.4, 0.5) is 4.79 Å². The fourth-order valence-corrected chi connectivity index (χ4v) is 3.61. The molecule has 3 rings (SSSR count). The van der Waals surface area contributed by atoms with Crippen LogP contribution in [0.2, 0.25) is 0 Å². The van der Waals surface area contributed by atoms with Gasteiger partial charge in [0, 0.05) is 52.2 Å². The predicted octanol–water partition coefficient (Wildman–Crippen LogP) is 1.38. The van der Waals surface area contributed by atoms with Crippen LogP contribution in [0.3, 0.4) is 0 Å². The second kappa shape index (κ2) is 7.98. The maximum atomic E-state index is 12.5. The lowest BCUT2D eigenvalue weighted by Gasteiger charge is -2.40. The van der Waals surface area contributed by atoms with Crippen LogP contribution in [-0.4, -0.2) is 70.8 Å². The molecule has 2 fully saturated rings. The molecule has 0 aromatic carbocycles. The Labute approximate surface area is 144 Å². The first kappa shape index (κ1) is 17.2. The number of carbonyl (C=O) groups is 1. The Kier molecular flexibility index (Phi) is 5.73. The Morgan fingerprint density at radius 3 is 2.96 bits per heavy atom. The molecule has 2 atom stereocenters. The smallest absolute Gasteiger partial charge is 0.317 e. The molecular formula is C17H29N5O2. The van der Waals surface area contributed by atoms with E-state index >= 15 is 0 Å². The van der Waals surface area contributed by atoms with Gasteiger partial charge < -0.3 is 19.5 Å². The normalized spacial score (nSPS) is 25.7. The van der Waals surface area contributed by atoms with Gasteiger partial charge in [-0.25, -0.2) is 9.78 Å². The highest BCUT2D eigenvalue weighted by Gasteiger charge is 2.32. The standard InChI is InChI=1S/C17H29N5O2/c1-3-21-9-10-22(13-15(21)16-18-7-8-20(16)2)17(23)19-12-14-6-4-5-11-24-14/h7-8,14-15H,3-6,9-13H2,1-2H3,(H,19,23)/t14-,15+/m1/s1. The molecule has 1 N–H and O–H groups in total. The molecule has 0 spiro atoms. The highest BCUT2D eigenvalue weighted by atomic mass is 16.5. The average Bonchev–Trinajstić information content (AvgIpc) is 3.05. The third-order valence-corrected chi connectivity index (χ3v) is 5.10. The van der Waals surface area contributed by atoms with Crippen LogP contribution in [0, 0.1) is 0 Å². The van der Waals surface area contributed by atoms with Crippen LogP contribution in [0.15, 0.2) is 12.4 Å². The number of rotatable bonds is 4. The predicted molar refractivity (Wildman–Crippen MR) is 91.8 cm³/mol. The van der Waals surface area contributed by atoms with Gasteiger partial charge in [-0.1, -0.05) is 6.92 Å². The lowest BCUT2D eigenvalue weighted by atomic mass is 10.1. The monoisotopic (exact) mass is 335 g/mol. The zero-order valence-corrected chi connectivity index (χ0v) is 14.8. The van der Waals surface area contributed by atoms with E-state index in [4.69, 9.17) is 4.74 Å². The summed E-state index contributed by atoms with van der Waals surface area (Å²) >= 11 is 0. The minimum atomic E-state index is 0.0131. The van der Waals surface area contributed by atoms with Gasteiger partial charge in [-0.3, -0.25) is 4.90 Å². The second-order valence-corrected chi connectivity index (χ2v) is 6.66. The third kappa shape index (κ3) is 3.89. The number of piperazine rings is 1. The Hall–Kier alpha value is -1.60. The second-order valence-electron chi connectivity index (χ2n) is 6.66. The number of hydrogen-bond donors (Lipinski definition) is 1. The van der Waals surface area contributed by atoms with Crippen molar-refractivity contribution in [2.45, 2.75) is 38.3 Å². The highest BCUT2D eigenvalue weighted by Crippen LogP contribution is 2.23. The number of aromatic nitrogens is 2. The van der Waals surface area contributed by atoms with Gasteiger partial charge >= 0.3 is 6.03 Å². The van der Waals surface area contributed by atoms with Crippen molar-refractivity contribution in [3.05, 3.63) is 18.2 Å². The van der Waals surface area contributed by atoms with Gasteiger partial charge in [0.15, 0.2) is 0 Å². The fraction of sp³-hybridized carbons (Fsp3) is 0.765. The van der Waals surface area contributed by atoms with Crippen molar-refractivity contribution < 1.29 is 9.53 Å². The van der Waals surface area contributed by atoms with Crippen molar-refractivity contribution in [2.75, 3.05) is 39.3 Å². The van der Waals surface area contributed by atoms with E-state index in [9.17, 15) is 4.79 Å². The van der Waals surface area contributed by atoms with E-state index in [1.54, 1.807) is 0 Å². The van der Waals surface area contributed by atoms with Crippen LogP contribution in [0.5, 0.6) is 0 Å². The van der Waals surface area contributed by atoms with E-state index in [-0.39, 0.29) is 18.2 Å². The molecule has 0 saturated carbocycles. The minimum absolute atomic E-state index is 0.0131. The highest BCUT2D eigenvalue weighted by molar-refractivity contribution is 5.74. The molecule has 3 heterocycles. The molecule has 2 amide bonds. The van der Waals surface area contributed by atoms with E-state index in [1.165, 1.54) is 6.42 Å². The summed E-state index contributed by atoms with van der Waals surface area (Å²) in [5.41, 5.74) is 0. The summed E-state index contributed by atoms with van der Waals surface area (Å²) in [5.74, 6) is 1.02. The average molecular weight is 335 g/mol. The minimum Gasteiger partial charge on any atom is -0.376 e. The van der Waals surface area contributed by atoms with Gasteiger partial charge in [-0.15, -0.1) is 0 Å². The van der Waals surface area contributed by atoms with E-state index < -0.39 is 0 Å². The molecule has 0 radical (unpaired) electrons. The number of amides is 2. The quantitative estimate of drug-likeness (QED) is 0.903. The number of ether oxygens (including phenoxy) is 1. The summed E-state index contributed by atoms with van der Waals surface area (Å²) in [7, 11) is 2.01. The number of nitrogens with zero attached hydrogens (tertiary/aromatic N) is 4. The SMILES string of the molecule is CCN1CCN(C(=O)NC[C@H]2CCCCO2)C[C@H]1c1nccn1C. The van der Waals surface area contributed by atoms with Gasteiger partial charge in [0.25, 0.3) is 0 Å². The zero-order valence-electron chi connectivity index (χ0n) is 14.8. The first-order chi connectivity index (χ1) is 11.7. The Balaban J connectivity index is 1.57. The first-order valence-corrected chi connectivity index (χ1v) is 9.04. The molecule has 1 aromatic rings. The van der Waals surface area contributed by atoms with Gasteiger partial charge in [0.05, 0.1) is 12.1 Å². The lowest BCUT2D eigenvalue weighted by Crippen LogP contribution is -2.54. The molecule has 2 aliphatic rings. The summed E-state index contributed by atoms with van der Waals surface area (Å²) in [6.45, 7) is 6.86. The molecule has 2 aliphatic heterocycles. The Morgan fingerprint density at radius 2 is 2.29 bits per heavy atom. The summed E-state index contributed by atoms with van der Waals surface area (Å²) in [5, 5.41) is 3.05. The molecule has 134 valence electrons. The molecule has 7 nitrogen and oxygen atoms in total. The number of hydrogen-bond acceptors (Lipinski definition) is 4. The summed E-state index contributed by atoms with van der Waals surface area (Å²) in [6.07, 6.45) is 7.32. The maximum absolute atomic E-state index is 12.5. The summed E-state index contributed by atoms with van der Waals surface area (Å²) in [4.78, 5) is 21.3. The lowest BCUT2D eigenvalue weighted by molar-refractivity contribution is 0.0168. The molecule has 1 aromatic heterocycles. The van der Waals surface area contributed by atoms with E-state index in [1.807, 2.05) is 28.9 Å². The van der Waals surface area contributed by atoms with Crippen molar-refractivity contribution >= 4 is 6.03 Å². The van der Waals surface area contributed by atoms with Gasteiger partial charge in [0.1, 0.15) is 5.82 Å². The van der Waals surface area contributed by atoms with Gasteiger partial charge in [-0.2, -0.15) is 0 Å². The zero-order chi connectivity index (χ0) is 16.9. The third-order valence-electron chi connectivity index (χ3n) is 5.10. The molecule has 24 heavy (non-hydrogen) atoms. The Bertz CT molecular complexity index is 541. The fourth-order valence-electron chi connectivity index (χ4n) is 3.61. The Morgan fingerprint density at radius 1 is 1.42 bits per heavy atom. The van der Waals surface area contributed by atoms with E-state index in [0.29, 0.717) is 13.1 Å². The molecule has 0 bridgehead atoms.